The van der Waals surface area contributed by atoms with Crippen LogP contribution in [0, 0.1) is 0 Å². The van der Waals surface area contributed by atoms with Gasteiger partial charge >= 0.3 is 0 Å². The number of thioether (sulfide) groups is 1. The molecule has 2 aromatic carbocycles. The second kappa shape index (κ2) is 5.13. The van der Waals surface area contributed by atoms with Crippen molar-refractivity contribution in [2.75, 3.05) is 5.32 Å². The van der Waals surface area contributed by atoms with E-state index in [2.05, 4.69) is 41.8 Å². The standard InChI is InChI=1S/C18H17N3OS/c1-11(2)13-8-9-15-14(10-13)18(17(22)19-15)21-20-16(23-18)12-6-4-3-5-7-12/h3-11,21H,1-2H3,(H,19,22)/t18-/m0/s1. The maximum atomic E-state index is 12.6. The average Bonchev–Trinajstić information content (AvgIpc) is 3.12. The maximum absolute atomic E-state index is 12.6. The van der Waals surface area contributed by atoms with Crippen LogP contribution in [0.4, 0.5) is 5.69 Å². The van der Waals surface area contributed by atoms with Gasteiger partial charge in [-0.2, -0.15) is 5.10 Å². The third kappa shape index (κ3) is 2.15. The Hall–Kier alpha value is -2.27. The highest BCUT2D eigenvalue weighted by Crippen LogP contribution is 2.48. The molecule has 0 aromatic heterocycles. The minimum Gasteiger partial charge on any atom is -0.323 e. The van der Waals surface area contributed by atoms with Crippen molar-refractivity contribution >= 4 is 28.4 Å². The third-order valence-electron chi connectivity index (χ3n) is 4.24. The molecular weight excluding hydrogens is 306 g/mol. The van der Waals surface area contributed by atoms with Gasteiger partial charge in [0, 0.05) is 16.8 Å². The molecule has 4 nitrogen and oxygen atoms in total. The summed E-state index contributed by atoms with van der Waals surface area (Å²) in [7, 11) is 0. The Morgan fingerprint density at radius 3 is 2.65 bits per heavy atom. The molecule has 0 saturated carbocycles. The number of carbonyl (C=O) groups is 1. The number of nitrogens with one attached hydrogen (secondary N) is 2. The zero-order chi connectivity index (χ0) is 16.0. The summed E-state index contributed by atoms with van der Waals surface area (Å²) in [6.07, 6.45) is 0. The molecule has 2 heterocycles. The van der Waals surface area contributed by atoms with E-state index in [-0.39, 0.29) is 5.91 Å². The van der Waals surface area contributed by atoms with Gasteiger partial charge in [0.2, 0.25) is 4.87 Å². The van der Waals surface area contributed by atoms with Gasteiger partial charge in [0.15, 0.2) is 0 Å². The van der Waals surface area contributed by atoms with Gasteiger partial charge in [-0.1, -0.05) is 62.0 Å². The van der Waals surface area contributed by atoms with Gasteiger partial charge < -0.3 is 5.32 Å². The van der Waals surface area contributed by atoms with Gasteiger partial charge in [-0.25, -0.2) is 0 Å². The monoisotopic (exact) mass is 323 g/mol. The molecule has 0 aliphatic carbocycles. The third-order valence-corrected chi connectivity index (χ3v) is 5.57. The Kier molecular flexibility index (Phi) is 3.20. The lowest BCUT2D eigenvalue weighted by Crippen LogP contribution is -2.39. The predicted molar refractivity (Wildman–Crippen MR) is 94.5 cm³/mol. The van der Waals surface area contributed by atoms with E-state index in [0.29, 0.717) is 5.92 Å². The summed E-state index contributed by atoms with van der Waals surface area (Å²) in [6.45, 7) is 4.30. The zero-order valence-electron chi connectivity index (χ0n) is 13.0. The van der Waals surface area contributed by atoms with Crippen LogP contribution in [-0.2, 0) is 9.67 Å². The Morgan fingerprint density at radius 1 is 1.13 bits per heavy atom. The smallest absolute Gasteiger partial charge is 0.267 e. The van der Waals surface area contributed by atoms with Crippen LogP contribution in [0.1, 0.15) is 36.5 Å². The molecule has 2 aromatic rings. The van der Waals surface area contributed by atoms with Crippen LogP contribution in [0.15, 0.2) is 53.6 Å². The first-order chi connectivity index (χ1) is 11.1. The fourth-order valence-electron chi connectivity index (χ4n) is 2.89. The van der Waals surface area contributed by atoms with Gasteiger partial charge in [0.25, 0.3) is 5.91 Å². The minimum atomic E-state index is -0.856. The van der Waals surface area contributed by atoms with Gasteiger partial charge in [-0.3, -0.25) is 10.2 Å². The van der Waals surface area contributed by atoms with E-state index in [0.717, 1.165) is 21.9 Å². The quantitative estimate of drug-likeness (QED) is 0.887. The highest BCUT2D eigenvalue weighted by atomic mass is 32.2. The fraction of sp³-hybridized carbons (Fsp3) is 0.222. The number of benzene rings is 2. The Labute approximate surface area is 139 Å². The van der Waals surface area contributed by atoms with E-state index in [9.17, 15) is 4.79 Å². The van der Waals surface area contributed by atoms with Crippen LogP contribution in [0.2, 0.25) is 0 Å². The van der Waals surface area contributed by atoms with Crippen LogP contribution in [0.3, 0.4) is 0 Å². The van der Waals surface area contributed by atoms with Gasteiger partial charge in [-0.05, 0) is 23.6 Å². The Balaban J connectivity index is 1.74. The van der Waals surface area contributed by atoms with E-state index in [1.54, 1.807) is 0 Å². The van der Waals surface area contributed by atoms with E-state index < -0.39 is 4.87 Å². The topological polar surface area (TPSA) is 53.5 Å². The summed E-state index contributed by atoms with van der Waals surface area (Å²) >= 11 is 1.47. The molecular formula is C18H17N3OS. The molecule has 116 valence electrons. The van der Waals surface area contributed by atoms with Crippen LogP contribution in [0.25, 0.3) is 0 Å². The van der Waals surface area contributed by atoms with E-state index in [1.165, 1.54) is 17.3 Å². The van der Waals surface area contributed by atoms with Gasteiger partial charge in [0.05, 0.1) is 0 Å². The minimum absolute atomic E-state index is 0.0620. The van der Waals surface area contributed by atoms with Crippen LogP contribution in [0.5, 0.6) is 0 Å². The number of carbonyl (C=O) groups excluding carboxylic acids is 1. The molecule has 1 atom stereocenters. The lowest BCUT2D eigenvalue weighted by Gasteiger charge is -2.21. The molecule has 23 heavy (non-hydrogen) atoms. The summed E-state index contributed by atoms with van der Waals surface area (Å²) in [5.41, 5.74) is 7.16. The van der Waals surface area contributed by atoms with Gasteiger partial charge in [0.1, 0.15) is 5.04 Å². The number of hydrazone groups is 1. The molecule has 2 aliphatic heterocycles. The molecule has 0 fully saturated rings. The molecule has 0 unspecified atom stereocenters. The van der Waals surface area contributed by atoms with Crippen molar-refractivity contribution in [2.24, 2.45) is 5.10 Å². The van der Waals surface area contributed by atoms with Crippen molar-refractivity contribution in [3.05, 3.63) is 65.2 Å². The normalized spacial score (nSPS) is 22.0. The molecule has 0 saturated heterocycles. The molecule has 4 rings (SSSR count). The van der Waals surface area contributed by atoms with Crippen LogP contribution >= 0.6 is 11.8 Å². The predicted octanol–water partition coefficient (Wildman–Crippen LogP) is 3.61. The Bertz CT molecular complexity index is 816. The number of rotatable bonds is 2. The largest absolute Gasteiger partial charge is 0.323 e. The number of nitrogens with zero attached hydrogens (tertiary/aromatic N) is 1. The second-order valence-electron chi connectivity index (χ2n) is 6.09. The molecule has 0 radical (unpaired) electrons. The lowest BCUT2D eigenvalue weighted by atomic mass is 9.98. The average molecular weight is 323 g/mol. The first-order valence-electron chi connectivity index (χ1n) is 7.65. The SMILES string of the molecule is CC(C)c1ccc2c(c1)[C@@]1(NN=C(c3ccccc3)S1)C(=O)N2. The second-order valence-corrected chi connectivity index (χ2v) is 7.30. The van der Waals surface area contributed by atoms with Gasteiger partial charge in [-0.15, -0.1) is 0 Å². The molecule has 0 bridgehead atoms. The summed E-state index contributed by atoms with van der Waals surface area (Å²) in [5.74, 6) is 0.349. The maximum Gasteiger partial charge on any atom is 0.267 e. The van der Waals surface area contributed by atoms with Crippen molar-refractivity contribution in [3.63, 3.8) is 0 Å². The van der Waals surface area contributed by atoms with Crippen molar-refractivity contribution in [1.29, 1.82) is 0 Å². The van der Waals surface area contributed by atoms with Crippen LogP contribution in [-0.4, -0.2) is 11.0 Å². The number of fused-ring (bicyclic) bond motifs is 2. The van der Waals surface area contributed by atoms with E-state index in [4.69, 9.17) is 0 Å². The molecule has 5 heteroatoms. The number of hydrogen-bond acceptors (Lipinski definition) is 4. The zero-order valence-corrected chi connectivity index (χ0v) is 13.8. The highest BCUT2D eigenvalue weighted by molar-refractivity contribution is 8.16. The fourth-order valence-corrected chi connectivity index (χ4v) is 4.04. The Morgan fingerprint density at radius 2 is 1.91 bits per heavy atom. The molecule has 2 aliphatic rings. The van der Waals surface area contributed by atoms with Crippen LogP contribution < -0.4 is 10.7 Å². The van der Waals surface area contributed by atoms with Crippen molar-refractivity contribution in [3.8, 4) is 0 Å². The highest BCUT2D eigenvalue weighted by Gasteiger charge is 2.52. The molecule has 1 amide bonds. The molecule has 2 N–H and O–H groups in total. The van der Waals surface area contributed by atoms with E-state index in [1.807, 2.05) is 36.4 Å². The van der Waals surface area contributed by atoms with Crippen molar-refractivity contribution in [1.82, 2.24) is 5.43 Å². The van der Waals surface area contributed by atoms with E-state index >= 15 is 0 Å². The first-order valence-corrected chi connectivity index (χ1v) is 8.47. The molecule has 1 spiro atoms. The van der Waals surface area contributed by atoms with Crippen molar-refractivity contribution in [2.45, 2.75) is 24.6 Å². The summed E-state index contributed by atoms with van der Waals surface area (Å²) in [4.78, 5) is 11.8. The lowest BCUT2D eigenvalue weighted by molar-refractivity contribution is -0.118. The first kappa shape index (κ1) is 14.3. The summed E-state index contributed by atoms with van der Waals surface area (Å²) < 4.78 is 0. The number of anilines is 1. The number of amides is 1. The summed E-state index contributed by atoms with van der Waals surface area (Å²) in [6, 6.07) is 16.1. The number of hydrogen-bond donors (Lipinski definition) is 2. The van der Waals surface area contributed by atoms with Crippen molar-refractivity contribution < 1.29 is 4.79 Å². The summed E-state index contributed by atoms with van der Waals surface area (Å²) in [5, 5.41) is 8.24.